The third-order valence-corrected chi connectivity index (χ3v) is 9.29. The molecule has 3 aliphatic rings. The molecule has 9 nitrogen and oxygen atoms in total. The lowest BCUT2D eigenvalue weighted by molar-refractivity contribution is -0.135. The molecule has 4 N–H and O–H groups in total. The van der Waals surface area contributed by atoms with Crippen molar-refractivity contribution in [2.24, 2.45) is 10.9 Å². The standard InChI is InChI=1S/C35H42N8O/c1-22(2)32(42-31-8-4-18-37-31)35(44)43-19-5-7-30(43)34-39-21-29(41-34)26-15-11-24(12-16-26)23-9-13-25(14-10-23)28-20-38-33(40-28)27-6-3-17-36-27/h9-16,20-22,27,30,32,36H,3-8,17-19H2,1-2H3,(H,37,42)(H,38,40)(H,39,41)/t27-,30-,32-/m0/s1. The van der Waals surface area contributed by atoms with Crippen LogP contribution in [-0.4, -0.2) is 62.3 Å². The number of hydrogen-bond acceptors (Lipinski definition) is 6. The molecular weight excluding hydrogens is 548 g/mol. The minimum absolute atomic E-state index is 0.0389. The summed E-state index contributed by atoms with van der Waals surface area (Å²) in [6.45, 7) is 6.86. The minimum atomic E-state index is -0.269. The SMILES string of the molecule is CC(C)[C@H](NC1=NCCC1)C(=O)N1CCC[C@H]1c1ncc(-c2ccc(-c3ccc(-c4cnc([C@@H]5CCCN5)[nH]4)cc3)cc2)[nH]1. The third kappa shape index (κ3) is 5.80. The van der Waals surface area contributed by atoms with Crippen molar-refractivity contribution >= 4 is 11.7 Å². The first-order valence-corrected chi connectivity index (χ1v) is 16.2. The number of hydrogen-bond donors (Lipinski definition) is 4. The fourth-order valence-corrected chi connectivity index (χ4v) is 6.76. The molecule has 0 aliphatic carbocycles. The van der Waals surface area contributed by atoms with E-state index < -0.39 is 0 Å². The second kappa shape index (κ2) is 12.4. The van der Waals surface area contributed by atoms with Gasteiger partial charge in [0, 0.05) is 19.5 Å². The number of aromatic nitrogens is 4. The van der Waals surface area contributed by atoms with Crippen LogP contribution in [0.4, 0.5) is 0 Å². The first-order valence-electron chi connectivity index (χ1n) is 16.2. The zero-order valence-electron chi connectivity index (χ0n) is 25.6. The van der Waals surface area contributed by atoms with Gasteiger partial charge < -0.3 is 25.5 Å². The van der Waals surface area contributed by atoms with Crippen LogP contribution in [0, 0.1) is 5.92 Å². The molecule has 2 fully saturated rings. The molecule has 9 heteroatoms. The van der Waals surface area contributed by atoms with Gasteiger partial charge in [0.25, 0.3) is 0 Å². The number of amidine groups is 1. The number of carbonyl (C=O) groups is 1. The van der Waals surface area contributed by atoms with E-state index in [4.69, 9.17) is 4.98 Å². The van der Waals surface area contributed by atoms with Crippen LogP contribution in [0.1, 0.15) is 76.1 Å². The molecule has 0 saturated carbocycles. The molecule has 3 atom stereocenters. The molecule has 0 unspecified atom stereocenters. The van der Waals surface area contributed by atoms with Crippen LogP contribution in [0.15, 0.2) is 65.9 Å². The van der Waals surface area contributed by atoms with Gasteiger partial charge in [0.15, 0.2) is 0 Å². The van der Waals surface area contributed by atoms with E-state index in [0.29, 0.717) is 6.04 Å². The van der Waals surface area contributed by atoms with E-state index >= 15 is 0 Å². The number of amides is 1. The highest BCUT2D eigenvalue weighted by atomic mass is 16.2. The monoisotopic (exact) mass is 590 g/mol. The van der Waals surface area contributed by atoms with E-state index in [1.54, 1.807) is 0 Å². The summed E-state index contributed by atoms with van der Waals surface area (Å²) in [5.41, 5.74) is 6.55. The lowest BCUT2D eigenvalue weighted by Gasteiger charge is -2.30. The Morgan fingerprint density at radius 3 is 2.07 bits per heavy atom. The summed E-state index contributed by atoms with van der Waals surface area (Å²) in [6.07, 6.45) is 10.0. The number of H-pyrrole nitrogens is 2. The van der Waals surface area contributed by atoms with Gasteiger partial charge in [0.1, 0.15) is 17.7 Å². The number of aliphatic imine (C=N–C) groups is 1. The summed E-state index contributed by atoms with van der Waals surface area (Å²) >= 11 is 0. The highest BCUT2D eigenvalue weighted by molar-refractivity contribution is 5.91. The van der Waals surface area contributed by atoms with E-state index in [0.717, 1.165) is 97.3 Å². The Morgan fingerprint density at radius 1 is 0.841 bits per heavy atom. The summed E-state index contributed by atoms with van der Waals surface area (Å²) in [4.78, 5) is 36.7. The summed E-state index contributed by atoms with van der Waals surface area (Å²) in [5, 5.41) is 6.96. The molecule has 2 saturated heterocycles. The fourth-order valence-electron chi connectivity index (χ4n) is 6.76. The van der Waals surface area contributed by atoms with Gasteiger partial charge in [0.05, 0.1) is 41.7 Å². The maximum atomic E-state index is 13.7. The zero-order chi connectivity index (χ0) is 30.0. The van der Waals surface area contributed by atoms with Crippen LogP contribution >= 0.6 is 0 Å². The van der Waals surface area contributed by atoms with Crippen molar-refractivity contribution in [2.45, 2.75) is 70.5 Å². The second-order valence-electron chi connectivity index (χ2n) is 12.7. The average Bonchev–Trinajstić information content (AvgIpc) is 3.89. The van der Waals surface area contributed by atoms with Gasteiger partial charge in [-0.3, -0.25) is 9.79 Å². The number of aromatic amines is 2. The van der Waals surface area contributed by atoms with Crippen LogP contribution in [-0.2, 0) is 4.79 Å². The molecule has 4 aromatic rings. The molecule has 3 aliphatic heterocycles. The predicted octanol–water partition coefficient (Wildman–Crippen LogP) is 6.03. The summed E-state index contributed by atoms with van der Waals surface area (Å²) in [5.74, 6) is 3.17. The van der Waals surface area contributed by atoms with Crippen molar-refractivity contribution in [3.8, 4) is 33.6 Å². The Hall–Kier alpha value is -4.24. The molecule has 228 valence electrons. The second-order valence-corrected chi connectivity index (χ2v) is 12.7. The predicted molar refractivity (Wildman–Crippen MR) is 174 cm³/mol. The molecule has 7 rings (SSSR count). The van der Waals surface area contributed by atoms with E-state index in [1.165, 1.54) is 12.0 Å². The Labute approximate surface area is 259 Å². The topological polar surface area (TPSA) is 114 Å². The van der Waals surface area contributed by atoms with Crippen molar-refractivity contribution in [1.29, 1.82) is 0 Å². The molecule has 0 spiro atoms. The van der Waals surface area contributed by atoms with E-state index in [-0.39, 0.29) is 23.9 Å². The van der Waals surface area contributed by atoms with Gasteiger partial charge in [-0.1, -0.05) is 62.4 Å². The van der Waals surface area contributed by atoms with Crippen molar-refractivity contribution in [2.75, 3.05) is 19.6 Å². The van der Waals surface area contributed by atoms with Gasteiger partial charge in [-0.15, -0.1) is 0 Å². The normalized spacial score (nSPS) is 20.8. The maximum absolute atomic E-state index is 13.7. The Morgan fingerprint density at radius 2 is 1.48 bits per heavy atom. The Kier molecular flexibility index (Phi) is 8.04. The van der Waals surface area contributed by atoms with Gasteiger partial charge in [0.2, 0.25) is 5.91 Å². The fraction of sp³-hybridized carbons (Fsp3) is 0.429. The van der Waals surface area contributed by atoms with Crippen molar-refractivity contribution < 1.29 is 4.79 Å². The van der Waals surface area contributed by atoms with E-state index in [1.807, 2.05) is 17.3 Å². The quantitative estimate of drug-likeness (QED) is 0.200. The zero-order valence-corrected chi connectivity index (χ0v) is 25.6. The molecule has 1 amide bonds. The summed E-state index contributed by atoms with van der Waals surface area (Å²) < 4.78 is 0. The van der Waals surface area contributed by atoms with Gasteiger partial charge in [-0.05, 0) is 66.8 Å². The average molecular weight is 591 g/mol. The van der Waals surface area contributed by atoms with E-state index in [9.17, 15) is 4.79 Å². The van der Waals surface area contributed by atoms with Crippen LogP contribution in [0.2, 0.25) is 0 Å². The molecule has 0 radical (unpaired) electrons. The first kappa shape index (κ1) is 28.5. The Balaban J connectivity index is 1.02. The van der Waals surface area contributed by atoms with Crippen LogP contribution in [0.25, 0.3) is 33.6 Å². The van der Waals surface area contributed by atoms with Crippen molar-refractivity contribution in [1.82, 2.24) is 35.5 Å². The lowest BCUT2D eigenvalue weighted by Crippen LogP contribution is -2.50. The van der Waals surface area contributed by atoms with E-state index in [2.05, 4.69) is 93.0 Å². The minimum Gasteiger partial charge on any atom is -0.362 e. The number of rotatable bonds is 8. The number of benzene rings is 2. The molecule has 0 bridgehead atoms. The van der Waals surface area contributed by atoms with Gasteiger partial charge in [-0.2, -0.15) is 0 Å². The summed E-state index contributed by atoms with van der Waals surface area (Å²) in [7, 11) is 0. The van der Waals surface area contributed by atoms with Crippen molar-refractivity contribution in [3.63, 3.8) is 0 Å². The number of nitrogens with zero attached hydrogens (tertiary/aromatic N) is 4. The lowest BCUT2D eigenvalue weighted by atomic mass is 10.0. The van der Waals surface area contributed by atoms with Crippen molar-refractivity contribution in [3.05, 3.63) is 72.6 Å². The van der Waals surface area contributed by atoms with Gasteiger partial charge >= 0.3 is 0 Å². The Bertz CT molecular complexity index is 1610. The molecule has 44 heavy (non-hydrogen) atoms. The molecule has 2 aromatic heterocycles. The smallest absolute Gasteiger partial charge is 0.245 e. The number of likely N-dealkylation sites (tertiary alicyclic amines) is 1. The summed E-state index contributed by atoms with van der Waals surface area (Å²) in [6, 6.07) is 17.2. The highest BCUT2D eigenvalue weighted by Crippen LogP contribution is 2.33. The number of imidazole rings is 2. The molecule has 2 aromatic carbocycles. The van der Waals surface area contributed by atoms with Crippen LogP contribution in [0.5, 0.6) is 0 Å². The maximum Gasteiger partial charge on any atom is 0.245 e. The largest absolute Gasteiger partial charge is 0.362 e. The number of nitrogens with one attached hydrogen (secondary N) is 4. The number of carbonyl (C=O) groups excluding carboxylic acids is 1. The molecule has 5 heterocycles. The first-order chi connectivity index (χ1) is 21.5. The van der Waals surface area contributed by atoms with Crippen LogP contribution in [0.3, 0.4) is 0 Å². The van der Waals surface area contributed by atoms with Gasteiger partial charge in [-0.25, -0.2) is 9.97 Å². The third-order valence-electron chi connectivity index (χ3n) is 9.29. The highest BCUT2D eigenvalue weighted by Gasteiger charge is 2.37. The van der Waals surface area contributed by atoms with Crippen LogP contribution < -0.4 is 10.6 Å². The molecular formula is C35H42N8O.